The summed E-state index contributed by atoms with van der Waals surface area (Å²) in [7, 11) is 1.83. The first-order chi connectivity index (χ1) is 10.6. The molecule has 0 aliphatic heterocycles. The fourth-order valence-corrected chi connectivity index (χ4v) is 3.06. The molecule has 4 heteroatoms. The zero-order chi connectivity index (χ0) is 15.7. The molecule has 0 aromatic heterocycles. The molecule has 0 unspecified atom stereocenters. The summed E-state index contributed by atoms with van der Waals surface area (Å²) in [6, 6.07) is 14.8. The van der Waals surface area contributed by atoms with E-state index in [4.69, 9.17) is 5.73 Å². The normalized spacial score (nSPS) is 16.1. The number of fused-ring (bicyclic) bond motifs is 1. The molecule has 0 spiro atoms. The second kappa shape index (κ2) is 5.64. The summed E-state index contributed by atoms with van der Waals surface area (Å²) in [4.78, 5) is 25.5. The molecule has 0 heterocycles. The minimum atomic E-state index is -0.489. The zero-order valence-electron chi connectivity index (χ0n) is 12.5. The van der Waals surface area contributed by atoms with Gasteiger partial charge >= 0.3 is 0 Å². The average Bonchev–Trinajstić information content (AvgIpc) is 2.97. The average molecular weight is 294 g/mol. The lowest BCUT2D eigenvalue weighted by atomic mass is 10.1. The number of hydrogen-bond acceptors (Lipinski definition) is 2. The molecule has 0 saturated carbocycles. The minimum absolute atomic E-state index is 0.0438. The van der Waals surface area contributed by atoms with Gasteiger partial charge in [0.05, 0.1) is 6.04 Å². The summed E-state index contributed by atoms with van der Waals surface area (Å²) >= 11 is 0. The van der Waals surface area contributed by atoms with Gasteiger partial charge in [-0.2, -0.15) is 0 Å². The zero-order valence-corrected chi connectivity index (χ0v) is 12.5. The third-order valence-electron chi connectivity index (χ3n) is 4.31. The van der Waals surface area contributed by atoms with Crippen LogP contribution in [0, 0.1) is 0 Å². The number of nitrogens with zero attached hydrogens (tertiary/aromatic N) is 1. The summed E-state index contributed by atoms with van der Waals surface area (Å²) in [6.07, 6.45) is 1.94. The molecule has 112 valence electrons. The van der Waals surface area contributed by atoms with Gasteiger partial charge in [-0.3, -0.25) is 9.59 Å². The molecule has 2 N–H and O–H groups in total. The lowest BCUT2D eigenvalue weighted by Gasteiger charge is -2.25. The van der Waals surface area contributed by atoms with E-state index in [0.29, 0.717) is 11.1 Å². The Morgan fingerprint density at radius 3 is 2.36 bits per heavy atom. The molecule has 1 atom stereocenters. The number of benzene rings is 2. The van der Waals surface area contributed by atoms with Crippen molar-refractivity contribution in [3.8, 4) is 0 Å². The van der Waals surface area contributed by atoms with Crippen LogP contribution in [0.3, 0.4) is 0 Å². The number of carbonyl (C=O) groups is 2. The molecule has 1 aliphatic carbocycles. The molecule has 0 saturated heterocycles. The predicted octanol–water partition coefficient (Wildman–Crippen LogP) is 2.55. The van der Waals surface area contributed by atoms with Crippen molar-refractivity contribution in [1.82, 2.24) is 4.90 Å². The van der Waals surface area contributed by atoms with Crippen molar-refractivity contribution < 1.29 is 9.59 Å². The highest BCUT2D eigenvalue weighted by Gasteiger charge is 2.28. The maximum absolute atomic E-state index is 12.6. The Bertz CT molecular complexity index is 722. The molecule has 0 fully saturated rings. The van der Waals surface area contributed by atoms with Gasteiger partial charge in [-0.25, -0.2) is 0 Å². The summed E-state index contributed by atoms with van der Waals surface area (Å²) in [5.74, 6) is -0.533. The lowest BCUT2D eigenvalue weighted by Crippen LogP contribution is -2.30. The molecule has 2 aromatic rings. The summed E-state index contributed by atoms with van der Waals surface area (Å²) < 4.78 is 0. The van der Waals surface area contributed by atoms with E-state index in [-0.39, 0.29) is 11.9 Å². The Balaban J connectivity index is 1.82. The fourth-order valence-electron chi connectivity index (χ4n) is 3.06. The lowest BCUT2D eigenvalue weighted by molar-refractivity contribution is 0.0730. The molecular formula is C18H18N2O2. The van der Waals surface area contributed by atoms with Crippen molar-refractivity contribution in [2.24, 2.45) is 5.73 Å². The Hall–Kier alpha value is -2.62. The summed E-state index contributed by atoms with van der Waals surface area (Å²) in [5.41, 5.74) is 8.74. The maximum atomic E-state index is 12.6. The summed E-state index contributed by atoms with van der Waals surface area (Å²) in [5, 5.41) is 0. The van der Waals surface area contributed by atoms with Gasteiger partial charge in [0.15, 0.2) is 0 Å². The van der Waals surface area contributed by atoms with Gasteiger partial charge in [-0.1, -0.05) is 24.3 Å². The molecule has 0 bridgehead atoms. The van der Waals surface area contributed by atoms with Crippen LogP contribution in [-0.2, 0) is 6.42 Å². The highest BCUT2D eigenvalue weighted by Crippen LogP contribution is 2.35. The van der Waals surface area contributed by atoms with Gasteiger partial charge in [-0.15, -0.1) is 0 Å². The van der Waals surface area contributed by atoms with E-state index in [1.807, 2.05) is 19.2 Å². The van der Waals surface area contributed by atoms with E-state index in [1.165, 1.54) is 11.1 Å². The number of carbonyl (C=O) groups excluding carboxylic acids is 2. The maximum Gasteiger partial charge on any atom is 0.254 e. The van der Waals surface area contributed by atoms with Crippen LogP contribution < -0.4 is 5.73 Å². The first kappa shape index (κ1) is 14.3. The third-order valence-corrected chi connectivity index (χ3v) is 4.31. The highest BCUT2D eigenvalue weighted by atomic mass is 16.2. The van der Waals surface area contributed by atoms with Gasteiger partial charge < -0.3 is 10.6 Å². The van der Waals surface area contributed by atoms with Crippen molar-refractivity contribution in [2.75, 3.05) is 7.05 Å². The number of primary amides is 1. The van der Waals surface area contributed by atoms with E-state index in [1.54, 1.807) is 29.2 Å². The molecule has 2 amide bonds. The SMILES string of the molecule is CN(C(=O)c1ccc(C(N)=O)cc1)[C@H]1CCc2ccccc21. The minimum Gasteiger partial charge on any atom is -0.366 e. The van der Waals surface area contributed by atoms with E-state index < -0.39 is 5.91 Å². The Kier molecular flexibility index (Phi) is 3.67. The number of hydrogen-bond donors (Lipinski definition) is 1. The van der Waals surface area contributed by atoms with Crippen LogP contribution in [-0.4, -0.2) is 23.8 Å². The van der Waals surface area contributed by atoms with Gasteiger partial charge in [0, 0.05) is 18.2 Å². The molecule has 2 aromatic carbocycles. The topological polar surface area (TPSA) is 63.4 Å². The molecule has 4 nitrogen and oxygen atoms in total. The molecule has 3 rings (SSSR count). The van der Waals surface area contributed by atoms with Gasteiger partial charge in [0.25, 0.3) is 5.91 Å². The Morgan fingerprint density at radius 2 is 1.68 bits per heavy atom. The largest absolute Gasteiger partial charge is 0.366 e. The molecular weight excluding hydrogens is 276 g/mol. The van der Waals surface area contributed by atoms with Crippen molar-refractivity contribution in [3.63, 3.8) is 0 Å². The number of aryl methyl sites for hydroxylation is 1. The van der Waals surface area contributed by atoms with Crippen molar-refractivity contribution in [2.45, 2.75) is 18.9 Å². The van der Waals surface area contributed by atoms with E-state index in [9.17, 15) is 9.59 Å². The smallest absolute Gasteiger partial charge is 0.254 e. The van der Waals surface area contributed by atoms with Crippen LogP contribution in [0.4, 0.5) is 0 Å². The molecule has 1 aliphatic rings. The van der Waals surface area contributed by atoms with Crippen LogP contribution in [0.25, 0.3) is 0 Å². The second-order valence-corrected chi connectivity index (χ2v) is 5.61. The number of nitrogens with two attached hydrogens (primary N) is 1. The van der Waals surface area contributed by atoms with Crippen molar-refractivity contribution in [1.29, 1.82) is 0 Å². The van der Waals surface area contributed by atoms with Gasteiger partial charge in [0.2, 0.25) is 5.91 Å². The second-order valence-electron chi connectivity index (χ2n) is 5.61. The quantitative estimate of drug-likeness (QED) is 0.945. The first-order valence-corrected chi connectivity index (χ1v) is 7.33. The van der Waals surface area contributed by atoms with Crippen LogP contribution in [0.1, 0.15) is 44.3 Å². The van der Waals surface area contributed by atoms with Crippen LogP contribution in [0.2, 0.25) is 0 Å². The standard InChI is InChI=1S/C18H18N2O2/c1-20(16-11-10-12-4-2-3-5-15(12)16)18(22)14-8-6-13(7-9-14)17(19)21/h2-9,16H,10-11H2,1H3,(H2,19,21)/t16-/m0/s1. The van der Waals surface area contributed by atoms with Crippen LogP contribution in [0.5, 0.6) is 0 Å². The van der Waals surface area contributed by atoms with Gasteiger partial charge in [-0.05, 0) is 48.2 Å². The number of rotatable bonds is 3. The Morgan fingerprint density at radius 1 is 1.05 bits per heavy atom. The first-order valence-electron chi connectivity index (χ1n) is 7.33. The fraction of sp³-hybridized carbons (Fsp3) is 0.222. The summed E-state index contributed by atoms with van der Waals surface area (Å²) in [6.45, 7) is 0. The monoisotopic (exact) mass is 294 g/mol. The van der Waals surface area contributed by atoms with E-state index in [2.05, 4.69) is 12.1 Å². The van der Waals surface area contributed by atoms with E-state index >= 15 is 0 Å². The van der Waals surface area contributed by atoms with E-state index in [0.717, 1.165) is 12.8 Å². The molecule has 22 heavy (non-hydrogen) atoms. The van der Waals surface area contributed by atoms with Gasteiger partial charge in [0.1, 0.15) is 0 Å². The van der Waals surface area contributed by atoms with Crippen molar-refractivity contribution in [3.05, 3.63) is 70.8 Å². The van der Waals surface area contributed by atoms with Crippen LogP contribution >= 0.6 is 0 Å². The van der Waals surface area contributed by atoms with Crippen molar-refractivity contribution >= 4 is 11.8 Å². The highest BCUT2D eigenvalue weighted by molar-refractivity contribution is 5.97. The molecule has 0 radical (unpaired) electrons. The van der Waals surface area contributed by atoms with Crippen LogP contribution in [0.15, 0.2) is 48.5 Å². The Labute approximate surface area is 129 Å². The number of amides is 2. The third kappa shape index (κ3) is 2.48. The predicted molar refractivity (Wildman–Crippen MR) is 84.6 cm³/mol.